The van der Waals surface area contributed by atoms with E-state index in [4.69, 9.17) is 75.8 Å². The maximum atomic E-state index is 13.7. The van der Waals surface area contributed by atoms with Crippen molar-refractivity contribution in [3.05, 3.63) is 291 Å². The van der Waals surface area contributed by atoms with Crippen molar-refractivity contribution in [2.24, 2.45) is 0 Å². The zero-order valence-electron chi connectivity index (χ0n) is 77.8. The average Bonchev–Trinajstić information content (AvgIpc) is 0.721. The van der Waals surface area contributed by atoms with E-state index in [0.717, 1.165) is 59.7 Å². The Hall–Kier alpha value is -11.7. The molecule has 0 bridgehead atoms. The molecule has 0 radical (unpaired) electrons. The number of rotatable bonds is 32. The van der Waals surface area contributed by atoms with Crippen LogP contribution in [-0.4, -0.2) is 135 Å². The van der Waals surface area contributed by atoms with Gasteiger partial charge in [-0.15, -0.1) is 0 Å². The van der Waals surface area contributed by atoms with Gasteiger partial charge in [-0.05, 0) is 0 Å². The normalized spacial score (nSPS) is 13.4. The molecule has 12 aromatic rings. The third-order valence-corrected chi connectivity index (χ3v) is 41.6. The number of benzene rings is 12. The summed E-state index contributed by atoms with van der Waals surface area (Å²) in [6.45, 7) is 39.0. The number of carbonyl (C=O) groups excluding carboxylic acids is 4. The summed E-state index contributed by atoms with van der Waals surface area (Å²) in [5.41, 5.74) is 1.94. The zero-order chi connectivity index (χ0) is 93.6. The van der Waals surface area contributed by atoms with Crippen LogP contribution in [0.15, 0.2) is 291 Å². The minimum atomic E-state index is -5.00. The Morgan fingerprint density at radius 3 is 0.577 bits per heavy atom. The molecule has 0 aliphatic carbocycles. The van der Waals surface area contributed by atoms with Crippen LogP contribution in [-0.2, 0) is 37.9 Å². The molecule has 0 amide bonds. The van der Waals surface area contributed by atoms with Crippen LogP contribution in [0.3, 0.4) is 0 Å². The van der Waals surface area contributed by atoms with E-state index in [2.05, 4.69) is 72.8 Å². The van der Waals surface area contributed by atoms with E-state index in [0.29, 0.717) is 48.7 Å². The molecule has 0 fully saturated rings. The van der Waals surface area contributed by atoms with Gasteiger partial charge in [0.1, 0.15) is 0 Å². The molecular weight excluding hydrogens is 1870 g/mol. The first-order chi connectivity index (χ1) is 62.0. The molecule has 20 nitrogen and oxygen atoms in total. The fourth-order valence-electron chi connectivity index (χ4n) is 14.3. The fourth-order valence-corrected chi connectivity index (χ4v) is 36.3. The van der Waals surface area contributed by atoms with Crippen LogP contribution in [0.2, 0.25) is 0 Å². The summed E-state index contributed by atoms with van der Waals surface area (Å²) in [5, 5.41) is 0. The molecule has 0 spiro atoms. The van der Waals surface area contributed by atoms with Crippen molar-refractivity contribution >= 4 is 89.9 Å². The number of hydrogen-bond donors (Lipinski definition) is 0. The Labute approximate surface area is 773 Å². The molecule has 4 atom stereocenters. The van der Waals surface area contributed by atoms with E-state index in [1.165, 1.54) is 14.4 Å². The van der Waals surface area contributed by atoms with Gasteiger partial charge in [-0.25, -0.2) is 0 Å². The van der Waals surface area contributed by atoms with Crippen molar-refractivity contribution in [2.75, 3.05) is 26.4 Å². The Balaban J connectivity index is 0.000000284. The molecule has 0 heterocycles. The first-order valence-electron chi connectivity index (χ1n) is 43.6. The molecular formula is C108H120O20Te2. The second kappa shape index (κ2) is 44.8. The van der Waals surface area contributed by atoms with Crippen LogP contribution in [0.1, 0.15) is 138 Å². The van der Waals surface area contributed by atoms with Gasteiger partial charge in [-0.2, -0.15) is 0 Å². The van der Waals surface area contributed by atoms with E-state index < -0.39 is 83.4 Å². The second-order valence-corrected chi connectivity index (χ2v) is 51.8. The van der Waals surface area contributed by atoms with Crippen molar-refractivity contribution in [3.8, 4) is 90.5 Å². The second-order valence-electron chi connectivity index (χ2n) is 34.0. The van der Waals surface area contributed by atoms with E-state index in [1.807, 2.05) is 250 Å². The van der Waals surface area contributed by atoms with Gasteiger partial charge in [0, 0.05) is 0 Å². The summed E-state index contributed by atoms with van der Waals surface area (Å²) in [6, 6.07) is 95.6. The van der Waals surface area contributed by atoms with Gasteiger partial charge in [-0.3, -0.25) is 0 Å². The monoisotopic (exact) mass is 2000 g/mol. The first kappa shape index (κ1) is 98.9. The average molecular weight is 1990 g/mol. The molecule has 12 aromatic carbocycles. The van der Waals surface area contributed by atoms with Gasteiger partial charge in [0.15, 0.2) is 0 Å². The third-order valence-electron chi connectivity index (χ3n) is 19.4. The third kappa shape index (κ3) is 26.8. The molecule has 130 heavy (non-hydrogen) atoms. The molecule has 0 aromatic heterocycles. The number of ether oxygens (including phenoxy) is 16. The molecule has 0 aliphatic heterocycles. The van der Waals surface area contributed by atoms with E-state index >= 15 is 0 Å². The molecule has 684 valence electrons. The molecule has 22 heteroatoms. The van der Waals surface area contributed by atoms with Crippen LogP contribution in [0.4, 0.5) is 19.2 Å². The summed E-state index contributed by atoms with van der Waals surface area (Å²) in [4.78, 5) is 54.6. The minimum absolute atomic E-state index is 0.249. The first-order valence-corrected chi connectivity index (χ1v) is 52.9. The summed E-state index contributed by atoms with van der Waals surface area (Å²) < 4.78 is 102. The van der Waals surface area contributed by atoms with Crippen LogP contribution in [0.25, 0.3) is 44.5 Å². The van der Waals surface area contributed by atoms with Gasteiger partial charge >= 0.3 is 779 Å². The van der Waals surface area contributed by atoms with Gasteiger partial charge in [0.05, 0.1) is 0 Å². The van der Waals surface area contributed by atoms with Gasteiger partial charge in [0.2, 0.25) is 0 Å². The van der Waals surface area contributed by atoms with Gasteiger partial charge in [-0.1, -0.05) is 0 Å². The Bertz CT molecular complexity index is 4980. The van der Waals surface area contributed by atoms with E-state index in [1.54, 1.807) is 107 Å². The Kier molecular flexibility index (Phi) is 34.1. The fraction of sp³-hybridized carbons (Fsp3) is 0.296. The van der Waals surface area contributed by atoms with Crippen molar-refractivity contribution in [1.82, 2.24) is 0 Å². The SMILES string of the molecule is CC(C)(C)OC(=O)Oc1ccc([Te](c2ccc(OC(=O)OC(C)(C)C)c(-c3ccccc3)c2)(c2ccc(OC(=O)OC(C)(C)C)c(-c3ccccc3)c2)c2ccc(OC(=O)OC(C)(C)C)c(-c3ccccc3)c2)cc1-c1ccccc1.CCOC(C)Oc1ccc([Te](c2ccc(OC(C)OCC)cc2)(c2ccc(OC(C)OCC)cc2)c2ccc(OC(C)OCC)cc2)cc1. The van der Waals surface area contributed by atoms with Gasteiger partial charge < -0.3 is 0 Å². The summed E-state index contributed by atoms with van der Waals surface area (Å²) in [6.07, 6.45) is -4.94. The van der Waals surface area contributed by atoms with E-state index in [-0.39, 0.29) is 48.2 Å². The van der Waals surface area contributed by atoms with Crippen LogP contribution >= 0.6 is 0 Å². The molecule has 0 saturated heterocycles. The zero-order valence-corrected chi connectivity index (χ0v) is 82.5. The Morgan fingerprint density at radius 1 is 0.238 bits per heavy atom. The quantitative estimate of drug-likeness (QED) is 0.0126. The summed E-state index contributed by atoms with van der Waals surface area (Å²) >= 11 is -8.77. The molecule has 4 unspecified atom stereocenters. The predicted octanol–water partition coefficient (Wildman–Crippen LogP) is 21.1. The number of hydrogen-bond acceptors (Lipinski definition) is 20. The van der Waals surface area contributed by atoms with Crippen molar-refractivity contribution in [3.63, 3.8) is 0 Å². The predicted molar refractivity (Wildman–Crippen MR) is 516 cm³/mol. The van der Waals surface area contributed by atoms with Crippen molar-refractivity contribution in [2.45, 2.75) is 186 Å². The van der Waals surface area contributed by atoms with Gasteiger partial charge in [0.25, 0.3) is 0 Å². The summed E-state index contributed by atoms with van der Waals surface area (Å²) in [5.74, 6) is 3.99. The molecule has 0 saturated carbocycles. The molecule has 12 rings (SSSR count). The summed E-state index contributed by atoms with van der Waals surface area (Å²) in [7, 11) is 0. The van der Waals surface area contributed by atoms with Crippen LogP contribution in [0.5, 0.6) is 46.0 Å². The Morgan fingerprint density at radius 2 is 0.408 bits per heavy atom. The topological polar surface area (TPSA) is 216 Å². The molecule has 0 N–H and O–H groups in total. The standard InChI is InChI=1S/C68H68O12Te.C40H52O8Te/c1-65(2,3)77-61(69)73-57-37-33-49(41-53(57)45-25-17-13-18-26-45)81(50-34-38-58(74-62(70)78-66(4,5)6)54(42-50)46-27-19-14-20-28-46,51-35-39-59(75-63(71)79-67(7,8)9)55(43-51)47-29-21-15-22-30-47)52-36-40-60(76-64(72)80-68(10,11)12)56(44-52)48-31-23-16-24-32-48;1-9-41-29(5)45-33-13-21-37(22-14-33)49(38-23-15-34(16-24-38)46-30(6)42-10-2,39-25-17-35(18-26-39)47-31(7)43-11-3)40-27-19-36(20-28-40)48-32(8)44-12-4/h13-44H,1-12H3;13-32H,9-12H2,1-8H3. The van der Waals surface area contributed by atoms with Crippen LogP contribution in [0, 0.1) is 0 Å². The molecule has 0 aliphatic rings. The van der Waals surface area contributed by atoms with E-state index in [9.17, 15) is 19.2 Å². The van der Waals surface area contributed by atoms with Crippen molar-refractivity contribution < 1.29 is 95.0 Å². The van der Waals surface area contributed by atoms with Crippen LogP contribution < -0.4 is 66.8 Å². The number of carbonyl (C=O) groups is 4. The maximum absolute atomic E-state index is 13.7. The van der Waals surface area contributed by atoms with Crippen molar-refractivity contribution in [1.29, 1.82) is 0 Å².